The van der Waals surface area contributed by atoms with Crippen LogP contribution < -0.4 is 11.5 Å². The number of hydrogen-bond donors (Lipinski definition) is 2. The lowest BCUT2D eigenvalue weighted by Gasteiger charge is -1.98. The van der Waals surface area contributed by atoms with Crippen molar-refractivity contribution in [2.24, 2.45) is 0 Å². The Morgan fingerprint density at radius 3 is 2.18 bits per heavy atom. The van der Waals surface area contributed by atoms with Gasteiger partial charge in [0.2, 0.25) is 11.9 Å². The van der Waals surface area contributed by atoms with Crippen LogP contribution in [0.15, 0.2) is 0 Å². The van der Waals surface area contributed by atoms with E-state index < -0.39 is 0 Å². The van der Waals surface area contributed by atoms with Gasteiger partial charge in [-0.1, -0.05) is 6.92 Å². The Hall–Kier alpha value is -1.39. The van der Waals surface area contributed by atoms with Crippen LogP contribution in [-0.2, 0) is 6.42 Å². The van der Waals surface area contributed by atoms with Crippen molar-refractivity contribution < 1.29 is 0 Å². The Morgan fingerprint density at radius 2 is 1.73 bits per heavy atom. The van der Waals surface area contributed by atoms with Crippen molar-refractivity contribution in [1.82, 2.24) is 15.0 Å². The maximum absolute atomic E-state index is 5.33. The fourth-order valence-corrected chi connectivity index (χ4v) is 0.731. The highest BCUT2D eigenvalue weighted by Crippen LogP contribution is 1.99. The van der Waals surface area contributed by atoms with E-state index in [1.54, 1.807) is 0 Å². The van der Waals surface area contributed by atoms with Crippen molar-refractivity contribution in [3.63, 3.8) is 0 Å². The van der Waals surface area contributed by atoms with E-state index in [-0.39, 0.29) is 11.9 Å². The molecule has 59 valence electrons. The first-order valence-corrected chi connectivity index (χ1v) is 3.26. The molecule has 0 bridgehead atoms. The van der Waals surface area contributed by atoms with Gasteiger partial charge < -0.3 is 11.5 Å². The van der Waals surface area contributed by atoms with Crippen LogP contribution >= 0.6 is 0 Å². The molecule has 0 aliphatic carbocycles. The number of anilines is 2. The van der Waals surface area contributed by atoms with Crippen molar-refractivity contribution in [3.05, 3.63) is 12.2 Å². The van der Waals surface area contributed by atoms with Crippen LogP contribution in [0.3, 0.4) is 0 Å². The molecule has 0 amide bonds. The van der Waals surface area contributed by atoms with Crippen molar-refractivity contribution in [2.75, 3.05) is 11.5 Å². The molecule has 0 spiro atoms. The summed E-state index contributed by atoms with van der Waals surface area (Å²) in [5.74, 6) is 0.959. The number of aromatic nitrogens is 3. The first-order valence-electron chi connectivity index (χ1n) is 3.26. The number of nitrogens with two attached hydrogens (primary N) is 2. The first kappa shape index (κ1) is 7.71. The van der Waals surface area contributed by atoms with Crippen LogP contribution in [-0.4, -0.2) is 15.0 Å². The molecule has 1 aromatic heterocycles. The lowest BCUT2D eigenvalue weighted by molar-refractivity contribution is 0.925. The molecule has 1 heterocycles. The van der Waals surface area contributed by atoms with Crippen LogP contribution in [0.2, 0.25) is 0 Å². The average Bonchev–Trinajstić information content (AvgIpc) is 1.85. The Morgan fingerprint density at radius 1 is 1.18 bits per heavy atom. The highest BCUT2D eigenvalue weighted by Gasteiger charge is 1.98. The molecule has 0 aliphatic rings. The van der Waals surface area contributed by atoms with E-state index in [9.17, 15) is 0 Å². The van der Waals surface area contributed by atoms with Crippen molar-refractivity contribution in [1.29, 1.82) is 0 Å². The van der Waals surface area contributed by atoms with Gasteiger partial charge in [0.25, 0.3) is 0 Å². The molecule has 0 atom stereocenters. The van der Waals surface area contributed by atoms with Crippen molar-refractivity contribution in [2.45, 2.75) is 13.3 Å². The summed E-state index contributed by atoms with van der Waals surface area (Å²) < 4.78 is 0. The summed E-state index contributed by atoms with van der Waals surface area (Å²) >= 11 is 0. The highest BCUT2D eigenvalue weighted by molar-refractivity contribution is 5.25. The van der Waals surface area contributed by atoms with Gasteiger partial charge in [-0.15, -0.1) is 0 Å². The lowest BCUT2D eigenvalue weighted by atomic mass is 10.3. The normalized spacial score (nSPS) is 9.91. The Labute approximate surface area is 64.9 Å². The smallest absolute Gasteiger partial charge is 0.225 e. The monoisotopic (exact) mass is 152 g/mol. The molecule has 1 aromatic rings. The number of hydrogen-bond acceptors (Lipinski definition) is 5. The third-order valence-corrected chi connectivity index (χ3v) is 1.10. The molecule has 1 rings (SSSR count). The molecule has 4 N–H and O–H groups in total. The third-order valence-electron chi connectivity index (χ3n) is 1.10. The molecule has 0 aliphatic heterocycles. The molecule has 0 fully saturated rings. The fraction of sp³-hybridized carbons (Fsp3) is 0.333. The average molecular weight is 152 g/mol. The van der Waals surface area contributed by atoms with E-state index in [0.717, 1.165) is 0 Å². The van der Waals surface area contributed by atoms with Gasteiger partial charge in [-0.25, -0.2) is 0 Å². The minimum absolute atomic E-state index is 0.175. The second-order valence-corrected chi connectivity index (χ2v) is 2.08. The molecule has 5 nitrogen and oxygen atoms in total. The standard InChI is InChI=1S/C6H10N5/c1-2-3-4-9-5(7)11-6(8)10-4/h2H,3H2,1H3,(H4,7,8,9,10,11). The summed E-state index contributed by atoms with van der Waals surface area (Å²) in [7, 11) is 0. The molecule has 0 saturated carbocycles. The maximum atomic E-state index is 5.33. The van der Waals surface area contributed by atoms with Crippen LogP contribution in [0.5, 0.6) is 0 Å². The molecule has 0 saturated heterocycles. The first-order chi connectivity index (χ1) is 5.22. The predicted octanol–water partition coefficient (Wildman–Crippen LogP) is -0.197. The minimum Gasteiger partial charge on any atom is -0.368 e. The summed E-state index contributed by atoms with van der Waals surface area (Å²) in [6, 6.07) is 0. The summed E-state index contributed by atoms with van der Waals surface area (Å²) in [5, 5.41) is 0. The zero-order valence-electron chi connectivity index (χ0n) is 6.28. The molecule has 0 unspecified atom stereocenters. The fourth-order valence-electron chi connectivity index (χ4n) is 0.731. The highest BCUT2D eigenvalue weighted by atomic mass is 15.1. The van der Waals surface area contributed by atoms with Gasteiger partial charge in [0, 0.05) is 6.42 Å². The Balaban J connectivity index is 2.89. The van der Waals surface area contributed by atoms with Crippen LogP contribution in [0.25, 0.3) is 0 Å². The number of rotatable bonds is 2. The molecule has 0 aromatic carbocycles. The summed E-state index contributed by atoms with van der Waals surface area (Å²) in [6.45, 7) is 1.91. The third kappa shape index (κ3) is 2.03. The quantitative estimate of drug-likeness (QED) is 0.612. The molecule has 11 heavy (non-hydrogen) atoms. The van der Waals surface area contributed by atoms with Gasteiger partial charge in [-0.3, -0.25) is 0 Å². The Bertz CT molecular complexity index is 226. The zero-order valence-corrected chi connectivity index (χ0v) is 6.28. The zero-order chi connectivity index (χ0) is 8.27. The Kier molecular flexibility index (Phi) is 2.20. The van der Waals surface area contributed by atoms with E-state index in [1.807, 2.05) is 13.3 Å². The lowest BCUT2D eigenvalue weighted by Crippen LogP contribution is -2.06. The second-order valence-electron chi connectivity index (χ2n) is 2.08. The SMILES string of the molecule is C[CH]Cc1nc(N)nc(N)n1. The van der Waals surface area contributed by atoms with Crippen LogP contribution in [0.4, 0.5) is 11.9 Å². The number of nitrogens with zero attached hydrogens (tertiary/aromatic N) is 3. The van der Waals surface area contributed by atoms with Gasteiger partial charge in [-0.05, 0) is 6.42 Å². The van der Waals surface area contributed by atoms with Gasteiger partial charge in [0.05, 0.1) is 0 Å². The van der Waals surface area contributed by atoms with Crippen LogP contribution in [0.1, 0.15) is 12.7 Å². The van der Waals surface area contributed by atoms with Crippen molar-refractivity contribution in [3.8, 4) is 0 Å². The molecule has 5 heteroatoms. The van der Waals surface area contributed by atoms with E-state index in [2.05, 4.69) is 15.0 Å². The van der Waals surface area contributed by atoms with Gasteiger partial charge >= 0.3 is 0 Å². The molecular weight excluding hydrogens is 142 g/mol. The molecule has 1 radical (unpaired) electrons. The van der Waals surface area contributed by atoms with Gasteiger partial charge in [-0.2, -0.15) is 15.0 Å². The van der Waals surface area contributed by atoms with E-state index in [0.29, 0.717) is 12.2 Å². The van der Waals surface area contributed by atoms with Crippen molar-refractivity contribution >= 4 is 11.9 Å². The van der Waals surface area contributed by atoms with Gasteiger partial charge in [0.1, 0.15) is 5.82 Å². The van der Waals surface area contributed by atoms with E-state index in [4.69, 9.17) is 11.5 Å². The number of nitrogen functional groups attached to an aromatic ring is 2. The van der Waals surface area contributed by atoms with E-state index in [1.165, 1.54) is 0 Å². The largest absolute Gasteiger partial charge is 0.368 e. The topological polar surface area (TPSA) is 90.7 Å². The molecular formula is C6H10N5. The maximum Gasteiger partial charge on any atom is 0.225 e. The summed E-state index contributed by atoms with van der Waals surface area (Å²) in [6.07, 6.45) is 2.59. The minimum atomic E-state index is 0.175. The van der Waals surface area contributed by atoms with Crippen LogP contribution in [0, 0.1) is 6.42 Å². The summed E-state index contributed by atoms with van der Waals surface area (Å²) in [4.78, 5) is 11.4. The van der Waals surface area contributed by atoms with E-state index >= 15 is 0 Å². The van der Waals surface area contributed by atoms with Gasteiger partial charge in [0.15, 0.2) is 0 Å². The predicted molar refractivity (Wildman–Crippen MR) is 42.3 cm³/mol. The second kappa shape index (κ2) is 3.14. The summed E-state index contributed by atoms with van der Waals surface area (Å²) in [5.41, 5.74) is 10.7.